The van der Waals surface area contributed by atoms with Gasteiger partial charge in [-0.15, -0.1) is 0 Å². The molecule has 0 aliphatic carbocycles. The van der Waals surface area contributed by atoms with Gasteiger partial charge in [0.25, 0.3) is 5.69 Å². The third kappa shape index (κ3) is 3.59. The summed E-state index contributed by atoms with van der Waals surface area (Å²) in [5.74, 6) is -0.376. The van der Waals surface area contributed by atoms with Gasteiger partial charge < -0.3 is 9.64 Å². The van der Waals surface area contributed by atoms with Gasteiger partial charge in [-0.2, -0.15) is 0 Å². The molecule has 0 unspecified atom stereocenters. The number of nitrogens with zero attached hydrogens (tertiary/aromatic N) is 2. The van der Waals surface area contributed by atoms with E-state index < -0.39 is 0 Å². The summed E-state index contributed by atoms with van der Waals surface area (Å²) >= 11 is 0. The molecule has 0 spiro atoms. The van der Waals surface area contributed by atoms with E-state index in [9.17, 15) is 14.9 Å². The summed E-state index contributed by atoms with van der Waals surface area (Å²) < 4.78 is 5.32. The Hall–Kier alpha value is -2.37. The lowest BCUT2D eigenvalue weighted by Gasteiger charge is -2.32. The molecule has 1 fully saturated rings. The van der Waals surface area contributed by atoms with Crippen molar-refractivity contribution in [2.75, 3.05) is 18.0 Å². The van der Waals surface area contributed by atoms with Gasteiger partial charge >= 0.3 is 5.97 Å². The average molecular weight is 290 g/mol. The van der Waals surface area contributed by atoms with E-state index in [1.165, 1.54) is 6.07 Å². The highest BCUT2D eigenvalue weighted by molar-refractivity contribution is 5.87. The van der Waals surface area contributed by atoms with E-state index in [-0.39, 0.29) is 22.7 Å². The highest BCUT2D eigenvalue weighted by Gasteiger charge is 2.26. The number of nitro groups is 1. The normalized spacial score (nSPS) is 15.6. The lowest BCUT2D eigenvalue weighted by molar-refractivity contribution is -0.384. The third-order valence-corrected chi connectivity index (χ3v) is 3.48. The summed E-state index contributed by atoms with van der Waals surface area (Å²) in [5, 5.41) is 11.0. The molecule has 0 bridgehead atoms. The van der Waals surface area contributed by atoms with Gasteiger partial charge in [-0.05, 0) is 13.0 Å². The van der Waals surface area contributed by atoms with Crippen molar-refractivity contribution in [2.45, 2.75) is 25.9 Å². The van der Waals surface area contributed by atoms with Crippen LogP contribution in [-0.2, 0) is 9.53 Å². The smallest absolute Gasteiger partial charge is 0.333 e. The van der Waals surface area contributed by atoms with Gasteiger partial charge in [0.15, 0.2) is 0 Å². The number of hydrogen-bond donors (Lipinski definition) is 0. The average Bonchev–Trinajstić information content (AvgIpc) is 2.48. The Kier molecular flexibility index (Phi) is 4.57. The minimum Gasteiger partial charge on any atom is -0.459 e. The molecule has 1 aromatic carbocycles. The number of nitro benzene ring substituents is 1. The van der Waals surface area contributed by atoms with Crippen LogP contribution in [0.25, 0.3) is 0 Å². The van der Waals surface area contributed by atoms with Crippen molar-refractivity contribution in [3.63, 3.8) is 0 Å². The second kappa shape index (κ2) is 6.39. The highest BCUT2D eigenvalue weighted by atomic mass is 16.6. The Morgan fingerprint density at radius 3 is 2.57 bits per heavy atom. The second-order valence-corrected chi connectivity index (χ2v) is 5.12. The lowest BCUT2D eigenvalue weighted by atomic mass is 10.1. The molecule has 0 N–H and O–H groups in total. The molecule has 2 rings (SSSR count). The fourth-order valence-corrected chi connectivity index (χ4v) is 2.35. The van der Waals surface area contributed by atoms with Crippen molar-refractivity contribution in [1.29, 1.82) is 0 Å². The Morgan fingerprint density at radius 2 is 2.00 bits per heavy atom. The van der Waals surface area contributed by atoms with E-state index >= 15 is 0 Å². The molecule has 6 nitrogen and oxygen atoms in total. The van der Waals surface area contributed by atoms with E-state index in [4.69, 9.17) is 4.74 Å². The van der Waals surface area contributed by atoms with Gasteiger partial charge in [0.2, 0.25) is 0 Å². The van der Waals surface area contributed by atoms with Crippen molar-refractivity contribution in [3.05, 3.63) is 46.5 Å². The molecule has 0 atom stereocenters. The Labute approximate surface area is 123 Å². The van der Waals surface area contributed by atoms with Crippen molar-refractivity contribution in [1.82, 2.24) is 0 Å². The predicted molar refractivity (Wildman–Crippen MR) is 79.2 cm³/mol. The molecule has 0 radical (unpaired) electrons. The lowest BCUT2D eigenvalue weighted by Crippen LogP contribution is -2.38. The molecule has 1 heterocycles. The fraction of sp³-hybridized carbons (Fsp3) is 0.400. The molecule has 0 amide bonds. The number of rotatable bonds is 4. The number of benzene rings is 1. The number of anilines is 1. The zero-order valence-electron chi connectivity index (χ0n) is 11.9. The Bertz CT molecular complexity index is 563. The van der Waals surface area contributed by atoms with Crippen LogP contribution in [0.15, 0.2) is 36.4 Å². The molecule has 0 saturated carbocycles. The minimum atomic E-state index is -0.376. The Morgan fingerprint density at radius 1 is 1.38 bits per heavy atom. The van der Waals surface area contributed by atoms with E-state index in [1.807, 2.05) is 4.90 Å². The molecule has 112 valence electrons. The van der Waals surface area contributed by atoms with Crippen molar-refractivity contribution >= 4 is 17.3 Å². The first kappa shape index (κ1) is 15.0. The summed E-state index contributed by atoms with van der Waals surface area (Å²) in [4.78, 5) is 24.1. The summed E-state index contributed by atoms with van der Waals surface area (Å²) in [7, 11) is 0. The van der Waals surface area contributed by atoms with Gasteiger partial charge in [0.1, 0.15) is 11.8 Å². The topological polar surface area (TPSA) is 72.7 Å². The van der Waals surface area contributed by atoms with Crippen molar-refractivity contribution < 1.29 is 14.5 Å². The van der Waals surface area contributed by atoms with Crippen LogP contribution in [0.3, 0.4) is 0 Å². The SMILES string of the molecule is C=C(C)C(=O)OC1CCN(c2ccccc2[N+](=O)[O-])CC1. The number of ether oxygens (including phenoxy) is 1. The largest absolute Gasteiger partial charge is 0.459 e. The number of carbonyl (C=O) groups is 1. The van der Waals surface area contributed by atoms with Crippen LogP contribution in [0, 0.1) is 10.1 Å². The van der Waals surface area contributed by atoms with Crippen molar-refractivity contribution in [3.8, 4) is 0 Å². The van der Waals surface area contributed by atoms with Crippen LogP contribution in [0.1, 0.15) is 19.8 Å². The maximum absolute atomic E-state index is 11.5. The van der Waals surface area contributed by atoms with Crippen LogP contribution in [0.4, 0.5) is 11.4 Å². The maximum Gasteiger partial charge on any atom is 0.333 e. The van der Waals surface area contributed by atoms with Gasteiger partial charge in [-0.1, -0.05) is 18.7 Å². The Balaban J connectivity index is 2.00. The molecule has 1 aromatic rings. The van der Waals surface area contributed by atoms with Gasteiger partial charge in [0.05, 0.1) is 4.92 Å². The van der Waals surface area contributed by atoms with E-state index in [2.05, 4.69) is 6.58 Å². The number of hydrogen-bond acceptors (Lipinski definition) is 5. The minimum absolute atomic E-state index is 0.106. The van der Waals surface area contributed by atoms with Gasteiger partial charge in [0, 0.05) is 37.6 Å². The zero-order valence-corrected chi connectivity index (χ0v) is 11.9. The summed E-state index contributed by atoms with van der Waals surface area (Å²) in [6.45, 7) is 6.42. The third-order valence-electron chi connectivity index (χ3n) is 3.48. The first-order chi connectivity index (χ1) is 9.99. The standard InChI is InChI=1S/C15H18N2O4/c1-11(2)15(18)21-12-7-9-16(10-8-12)13-5-3-4-6-14(13)17(19)20/h3-6,12H,1,7-10H2,2H3. The molecule has 1 aliphatic heterocycles. The molecule has 1 saturated heterocycles. The molecular formula is C15H18N2O4. The second-order valence-electron chi connectivity index (χ2n) is 5.12. The number of piperidine rings is 1. The summed E-state index contributed by atoms with van der Waals surface area (Å²) in [6.07, 6.45) is 1.17. The van der Waals surface area contributed by atoms with Crippen molar-refractivity contribution in [2.24, 2.45) is 0 Å². The van der Waals surface area contributed by atoms with Gasteiger partial charge in [-0.25, -0.2) is 4.79 Å². The quantitative estimate of drug-likeness (QED) is 0.369. The number of esters is 1. The number of carbonyl (C=O) groups excluding carboxylic acids is 1. The van der Waals surface area contributed by atoms with E-state index in [1.54, 1.807) is 25.1 Å². The molecule has 6 heteroatoms. The highest BCUT2D eigenvalue weighted by Crippen LogP contribution is 2.30. The molecular weight excluding hydrogens is 272 g/mol. The van der Waals surface area contributed by atoms with Crippen LogP contribution >= 0.6 is 0 Å². The molecule has 1 aliphatic rings. The monoisotopic (exact) mass is 290 g/mol. The van der Waals surface area contributed by atoms with E-state index in [0.717, 1.165) is 0 Å². The van der Waals surface area contributed by atoms with Crippen LogP contribution in [0.2, 0.25) is 0 Å². The van der Waals surface area contributed by atoms with E-state index in [0.29, 0.717) is 37.2 Å². The molecule has 0 aromatic heterocycles. The van der Waals surface area contributed by atoms with Crippen LogP contribution in [0.5, 0.6) is 0 Å². The van der Waals surface area contributed by atoms with Gasteiger partial charge in [-0.3, -0.25) is 10.1 Å². The predicted octanol–water partition coefficient (Wildman–Crippen LogP) is 2.68. The van der Waals surface area contributed by atoms with Crippen LogP contribution < -0.4 is 4.90 Å². The first-order valence-electron chi connectivity index (χ1n) is 6.84. The first-order valence-corrected chi connectivity index (χ1v) is 6.84. The summed E-state index contributed by atoms with van der Waals surface area (Å²) in [6, 6.07) is 6.69. The zero-order chi connectivity index (χ0) is 15.4. The maximum atomic E-state index is 11.5. The van der Waals surface area contributed by atoms with Crippen LogP contribution in [-0.4, -0.2) is 30.1 Å². The number of para-hydroxylation sites is 2. The fourth-order valence-electron chi connectivity index (χ4n) is 2.35. The summed E-state index contributed by atoms with van der Waals surface area (Å²) in [5.41, 5.74) is 1.11. The molecule has 21 heavy (non-hydrogen) atoms.